The van der Waals surface area contributed by atoms with Crippen molar-refractivity contribution in [3.63, 3.8) is 0 Å². The fourth-order valence-electron chi connectivity index (χ4n) is 1.12. The van der Waals surface area contributed by atoms with Crippen LogP contribution in [0.15, 0.2) is 18.2 Å². The van der Waals surface area contributed by atoms with Crippen molar-refractivity contribution in [2.24, 2.45) is 0 Å². The van der Waals surface area contributed by atoms with Crippen molar-refractivity contribution in [3.05, 3.63) is 18.2 Å². The molecule has 3 heteroatoms. The van der Waals surface area contributed by atoms with Crippen molar-refractivity contribution < 1.29 is 4.74 Å². The molecule has 1 rings (SSSR count). The Kier molecular flexibility index (Phi) is 3.01. The van der Waals surface area contributed by atoms with Crippen LogP contribution < -0.4 is 15.8 Å². The quantitative estimate of drug-likeness (QED) is 0.700. The van der Waals surface area contributed by atoms with E-state index in [0.29, 0.717) is 5.69 Å². The summed E-state index contributed by atoms with van der Waals surface area (Å²) in [5, 5.41) is 3.00. The van der Waals surface area contributed by atoms with Crippen molar-refractivity contribution >= 4 is 11.4 Å². The second kappa shape index (κ2) is 4.03. The van der Waals surface area contributed by atoms with Gasteiger partial charge in [-0.15, -0.1) is 0 Å². The molecule has 0 aliphatic rings. The highest BCUT2D eigenvalue weighted by Crippen LogP contribution is 2.29. The molecule has 0 spiro atoms. The van der Waals surface area contributed by atoms with Gasteiger partial charge in [-0.3, -0.25) is 0 Å². The average molecular weight is 180 g/mol. The molecule has 1 aromatic rings. The Morgan fingerprint density at radius 3 is 2.62 bits per heavy atom. The molecule has 0 aliphatic heterocycles. The Bertz CT molecular complexity index is 284. The highest BCUT2D eigenvalue weighted by molar-refractivity contribution is 5.72. The summed E-state index contributed by atoms with van der Waals surface area (Å²) in [5.74, 6) is 0.738. The molecule has 13 heavy (non-hydrogen) atoms. The maximum Gasteiger partial charge on any atom is 0.144 e. The van der Waals surface area contributed by atoms with Crippen LogP contribution in [0.2, 0.25) is 0 Å². The third kappa shape index (κ3) is 2.28. The van der Waals surface area contributed by atoms with Crippen LogP contribution >= 0.6 is 0 Å². The highest BCUT2D eigenvalue weighted by atomic mass is 16.5. The van der Waals surface area contributed by atoms with Crippen molar-refractivity contribution in [2.45, 2.75) is 20.0 Å². The second-order valence-electron chi connectivity index (χ2n) is 3.13. The van der Waals surface area contributed by atoms with Gasteiger partial charge < -0.3 is 15.8 Å². The van der Waals surface area contributed by atoms with E-state index in [9.17, 15) is 0 Å². The molecule has 1 aromatic carbocycles. The van der Waals surface area contributed by atoms with Crippen LogP contribution in [0.3, 0.4) is 0 Å². The molecular formula is C10H16N2O. The molecular weight excluding hydrogens is 164 g/mol. The topological polar surface area (TPSA) is 47.3 Å². The van der Waals surface area contributed by atoms with Gasteiger partial charge in [-0.25, -0.2) is 0 Å². The number of hydrogen-bond donors (Lipinski definition) is 2. The third-order valence-electron chi connectivity index (χ3n) is 1.70. The predicted octanol–water partition coefficient (Wildman–Crippen LogP) is 2.10. The number of para-hydroxylation sites is 1. The van der Waals surface area contributed by atoms with Gasteiger partial charge in [-0.1, -0.05) is 6.07 Å². The molecule has 0 amide bonds. The minimum atomic E-state index is 0.148. The summed E-state index contributed by atoms with van der Waals surface area (Å²) < 4.78 is 5.52. The smallest absolute Gasteiger partial charge is 0.144 e. The molecule has 0 bridgehead atoms. The number of anilines is 2. The van der Waals surface area contributed by atoms with Gasteiger partial charge in [0.2, 0.25) is 0 Å². The lowest BCUT2D eigenvalue weighted by Crippen LogP contribution is -2.08. The zero-order chi connectivity index (χ0) is 9.84. The molecule has 0 aromatic heterocycles. The van der Waals surface area contributed by atoms with E-state index >= 15 is 0 Å². The van der Waals surface area contributed by atoms with Gasteiger partial charge in [-0.2, -0.15) is 0 Å². The van der Waals surface area contributed by atoms with Crippen LogP contribution in [-0.4, -0.2) is 13.2 Å². The summed E-state index contributed by atoms with van der Waals surface area (Å²) in [6.45, 7) is 3.96. The Morgan fingerprint density at radius 2 is 2.08 bits per heavy atom. The van der Waals surface area contributed by atoms with Gasteiger partial charge in [-0.05, 0) is 26.0 Å². The zero-order valence-electron chi connectivity index (χ0n) is 8.29. The maximum absolute atomic E-state index is 5.85. The molecule has 3 nitrogen and oxygen atoms in total. The fourth-order valence-corrected chi connectivity index (χ4v) is 1.12. The van der Waals surface area contributed by atoms with Gasteiger partial charge >= 0.3 is 0 Å². The van der Waals surface area contributed by atoms with Crippen molar-refractivity contribution in [2.75, 3.05) is 18.1 Å². The van der Waals surface area contributed by atoms with Crippen LogP contribution in [0.25, 0.3) is 0 Å². The largest absolute Gasteiger partial charge is 0.489 e. The molecule has 0 unspecified atom stereocenters. The summed E-state index contributed by atoms with van der Waals surface area (Å²) in [6, 6.07) is 5.71. The molecule has 3 N–H and O–H groups in total. The number of nitrogen functional groups attached to an aromatic ring is 1. The first-order valence-electron chi connectivity index (χ1n) is 4.38. The number of benzene rings is 1. The fraction of sp³-hybridized carbons (Fsp3) is 0.400. The SMILES string of the molecule is CNc1cccc(OC(C)C)c1N. The summed E-state index contributed by atoms with van der Waals surface area (Å²) in [5.41, 5.74) is 7.42. The van der Waals surface area contributed by atoms with E-state index in [0.717, 1.165) is 11.4 Å². The summed E-state index contributed by atoms with van der Waals surface area (Å²) in [6.07, 6.45) is 0.148. The Hall–Kier alpha value is -1.38. The monoisotopic (exact) mass is 180 g/mol. The van der Waals surface area contributed by atoms with Crippen LogP contribution in [-0.2, 0) is 0 Å². The lowest BCUT2D eigenvalue weighted by atomic mass is 10.2. The number of rotatable bonds is 3. The normalized spacial score (nSPS) is 10.2. The van der Waals surface area contributed by atoms with Crippen molar-refractivity contribution in [3.8, 4) is 5.75 Å². The number of nitrogens with two attached hydrogens (primary N) is 1. The molecule has 72 valence electrons. The van der Waals surface area contributed by atoms with Gasteiger partial charge in [0, 0.05) is 7.05 Å². The number of ether oxygens (including phenoxy) is 1. The Balaban J connectivity index is 2.94. The first-order valence-corrected chi connectivity index (χ1v) is 4.38. The highest BCUT2D eigenvalue weighted by Gasteiger charge is 2.05. The average Bonchev–Trinajstić information content (AvgIpc) is 2.08. The third-order valence-corrected chi connectivity index (χ3v) is 1.70. The van der Waals surface area contributed by atoms with Gasteiger partial charge in [0.1, 0.15) is 5.75 Å². The van der Waals surface area contributed by atoms with Crippen LogP contribution in [0.5, 0.6) is 5.75 Å². The minimum Gasteiger partial charge on any atom is -0.489 e. The summed E-state index contributed by atoms with van der Waals surface area (Å²) in [4.78, 5) is 0. The summed E-state index contributed by atoms with van der Waals surface area (Å²) >= 11 is 0. The van der Waals surface area contributed by atoms with Crippen LogP contribution in [0.1, 0.15) is 13.8 Å². The molecule has 0 aliphatic carbocycles. The first kappa shape index (κ1) is 9.71. The van der Waals surface area contributed by atoms with E-state index in [-0.39, 0.29) is 6.10 Å². The standard InChI is InChI=1S/C10H16N2O/c1-7(2)13-9-6-4-5-8(12-3)10(9)11/h4-7,12H,11H2,1-3H3. The van der Waals surface area contributed by atoms with Crippen LogP contribution in [0, 0.1) is 0 Å². The first-order chi connectivity index (χ1) is 6.15. The molecule has 0 heterocycles. The van der Waals surface area contributed by atoms with E-state index in [4.69, 9.17) is 10.5 Å². The predicted molar refractivity (Wildman–Crippen MR) is 56.2 cm³/mol. The Morgan fingerprint density at radius 1 is 1.38 bits per heavy atom. The summed E-state index contributed by atoms with van der Waals surface area (Å²) in [7, 11) is 1.84. The minimum absolute atomic E-state index is 0.148. The van der Waals surface area contributed by atoms with E-state index in [1.807, 2.05) is 39.1 Å². The van der Waals surface area contributed by atoms with Gasteiger partial charge in [0.25, 0.3) is 0 Å². The number of hydrogen-bond acceptors (Lipinski definition) is 3. The maximum atomic E-state index is 5.85. The molecule has 0 radical (unpaired) electrons. The lowest BCUT2D eigenvalue weighted by Gasteiger charge is -2.14. The van der Waals surface area contributed by atoms with Crippen molar-refractivity contribution in [1.29, 1.82) is 0 Å². The molecule has 0 fully saturated rings. The van der Waals surface area contributed by atoms with Gasteiger partial charge in [0.05, 0.1) is 17.5 Å². The van der Waals surface area contributed by atoms with Gasteiger partial charge in [0.15, 0.2) is 0 Å². The van der Waals surface area contributed by atoms with Crippen LogP contribution in [0.4, 0.5) is 11.4 Å². The number of nitrogens with one attached hydrogen (secondary N) is 1. The molecule has 0 saturated heterocycles. The molecule has 0 saturated carbocycles. The van der Waals surface area contributed by atoms with Crippen molar-refractivity contribution in [1.82, 2.24) is 0 Å². The van der Waals surface area contributed by atoms with E-state index in [1.165, 1.54) is 0 Å². The lowest BCUT2D eigenvalue weighted by molar-refractivity contribution is 0.244. The zero-order valence-corrected chi connectivity index (χ0v) is 8.29. The second-order valence-corrected chi connectivity index (χ2v) is 3.13. The van der Waals surface area contributed by atoms with E-state index in [1.54, 1.807) is 0 Å². The Labute approximate surface area is 78.9 Å². The molecule has 0 atom stereocenters. The van der Waals surface area contributed by atoms with E-state index in [2.05, 4.69) is 5.32 Å². The van der Waals surface area contributed by atoms with E-state index < -0.39 is 0 Å².